The van der Waals surface area contributed by atoms with Crippen molar-refractivity contribution >= 4 is 11.6 Å². The van der Waals surface area contributed by atoms with E-state index in [0.717, 1.165) is 5.69 Å². The summed E-state index contributed by atoms with van der Waals surface area (Å²) in [5.41, 5.74) is 2.06. The number of amides is 1. The lowest BCUT2D eigenvalue weighted by molar-refractivity contribution is 0.0935. The van der Waals surface area contributed by atoms with Crippen LogP contribution in [-0.2, 0) is 0 Å². The summed E-state index contributed by atoms with van der Waals surface area (Å²) >= 11 is 0. The highest BCUT2D eigenvalue weighted by atomic mass is 16.5. The number of ether oxygens (including phenoxy) is 2. The van der Waals surface area contributed by atoms with Gasteiger partial charge in [-0.3, -0.25) is 4.79 Å². The Kier molecular flexibility index (Phi) is 3.50. The van der Waals surface area contributed by atoms with E-state index in [1.54, 1.807) is 18.2 Å². The molecule has 1 amide bonds. The van der Waals surface area contributed by atoms with Crippen LogP contribution < -0.4 is 20.1 Å². The highest BCUT2D eigenvalue weighted by molar-refractivity contribution is 6.01. The third-order valence-electron chi connectivity index (χ3n) is 3.58. The molecule has 0 aliphatic carbocycles. The molecule has 0 aromatic heterocycles. The number of fused-ring (bicyclic) bond motifs is 1. The Morgan fingerprint density at radius 2 is 1.68 bits per heavy atom. The maximum Gasteiger partial charge on any atom is 0.255 e. The average molecular weight is 300 g/mol. The second-order valence-corrected chi connectivity index (χ2v) is 4.87. The first kappa shape index (κ1) is 14.1. The summed E-state index contributed by atoms with van der Waals surface area (Å²) in [5, 5.41) is 16.1. The Bertz CT molecular complexity index is 705. The van der Waals surface area contributed by atoms with Gasteiger partial charge in [-0.15, -0.1) is 0 Å². The standard InChI is InChI=1S/C16H16N2O4/c1-21-12-7-9(8-13(22-2)14(12)19)15-17-11-6-4-3-5-10(11)16(20)18-15/h3-8,15,17,19H,1-2H3,(H,18,20)/t15-/m0/s1. The Hall–Kier alpha value is -2.89. The largest absolute Gasteiger partial charge is 0.502 e. The molecule has 0 radical (unpaired) electrons. The number of para-hydroxylation sites is 1. The summed E-state index contributed by atoms with van der Waals surface area (Å²) in [5.74, 6) is 0.329. The molecule has 1 atom stereocenters. The van der Waals surface area contributed by atoms with E-state index in [4.69, 9.17) is 9.47 Å². The van der Waals surface area contributed by atoms with Gasteiger partial charge >= 0.3 is 0 Å². The molecule has 114 valence electrons. The number of phenols is 1. The lowest BCUT2D eigenvalue weighted by Crippen LogP contribution is -2.38. The Balaban J connectivity index is 2.01. The van der Waals surface area contributed by atoms with Crippen molar-refractivity contribution in [1.29, 1.82) is 0 Å². The fourth-order valence-corrected chi connectivity index (χ4v) is 2.45. The van der Waals surface area contributed by atoms with Crippen molar-refractivity contribution < 1.29 is 19.4 Å². The molecule has 1 aliphatic heterocycles. The fourth-order valence-electron chi connectivity index (χ4n) is 2.45. The van der Waals surface area contributed by atoms with Crippen LogP contribution in [0, 0.1) is 0 Å². The van der Waals surface area contributed by atoms with Gasteiger partial charge in [0.2, 0.25) is 5.75 Å². The zero-order chi connectivity index (χ0) is 15.7. The van der Waals surface area contributed by atoms with Crippen LogP contribution in [0.3, 0.4) is 0 Å². The Morgan fingerprint density at radius 1 is 1.05 bits per heavy atom. The van der Waals surface area contributed by atoms with E-state index in [0.29, 0.717) is 11.1 Å². The molecule has 0 fully saturated rings. The van der Waals surface area contributed by atoms with Gasteiger partial charge in [-0.25, -0.2) is 0 Å². The molecular formula is C16H16N2O4. The van der Waals surface area contributed by atoms with Crippen LogP contribution in [0.5, 0.6) is 17.2 Å². The van der Waals surface area contributed by atoms with Crippen molar-refractivity contribution in [2.24, 2.45) is 0 Å². The Morgan fingerprint density at radius 3 is 2.32 bits per heavy atom. The summed E-state index contributed by atoms with van der Waals surface area (Å²) in [4.78, 5) is 12.2. The van der Waals surface area contributed by atoms with Gasteiger partial charge in [-0.2, -0.15) is 0 Å². The monoisotopic (exact) mass is 300 g/mol. The van der Waals surface area contributed by atoms with Crippen LogP contribution in [0.4, 0.5) is 5.69 Å². The molecule has 1 heterocycles. The number of carbonyl (C=O) groups excluding carboxylic acids is 1. The number of rotatable bonds is 3. The molecule has 0 bridgehead atoms. The summed E-state index contributed by atoms with van der Waals surface area (Å²) < 4.78 is 10.3. The molecular weight excluding hydrogens is 284 g/mol. The predicted molar refractivity (Wildman–Crippen MR) is 81.5 cm³/mol. The van der Waals surface area contributed by atoms with Gasteiger partial charge in [0, 0.05) is 11.3 Å². The van der Waals surface area contributed by atoms with Gasteiger partial charge in [-0.1, -0.05) is 12.1 Å². The molecule has 0 saturated carbocycles. The van der Waals surface area contributed by atoms with Crippen LogP contribution in [-0.4, -0.2) is 25.2 Å². The van der Waals surface area contributed by atoms with E-state index in [9.17, 15) is 9.90 Å². The van der Waals surface area contributed by atoms with Crippen molar-refractivity contribution in [2.75, 3.05) is 19.5 Å². The van der Waals surface area contributed by atoms with Gasteiger partial charge in [0.25, 0.3) is 5.91 Å². The molecule has 0 spiro atoms. The second-order valence-electron chi connectivity index (χ2n) is 4.87. The van der Waals surface area contributed by atoms with Crippen molar-refractivity contribution in [1.82, 2.24) is 5.32 Å². The first-order valence-electron chi connectivity index (χ1n) is 6.75. The Labute approximate surface area is 127 Å². The molecule has 2 aromatic carbocycles. The zero-order valence-corrected chi connectivity index (χ0v) is 12.2. The van der Waals surface area contributed by atoms with Crippen LogP contribution >= 0.6 is 0 Å². The molecule has 3 rings (SSSR count). The quantitative estimate of drug-likeness (QED) is 0.810. The van der Waals surface area contributed by atoms with Crippen molar-refractivity contribution in [2.45, 2.75) is 6.17 Å². The molecule has 2 aromatic rings. The average Bonchev–Trinajstić information content (AvgIpc) is 2.55. The first-order chi connectivity index (χ1) is 10.6. The number of anilines is 1. The number of aromatic hydroxyl groups is 1. The number of methoxy groups -OCH3 is 2. The maximum atomic E-state index is 12.2. The SMILES string of the molecule is COc1cc([C@@H]2NC(=O)c3ccccc3N2)cc(OC)c1O. The third kappa shape index (κ3) is 2.28. The first-order valence-corrected chi connectivity index (χ1v) is 6.75. The van der Waals surface area contributed by atoms with Crippen molar-refractivity contribution in [3.63, 3.8) is 0 Å². The van der Waals surface area contributed by atoms with Gasteiger partial charge in [-0.05, 0) is 24.3 Å². The summed E-state index contributed by atoms with van der Waals surface area (Å²) in [7, 11) is 2.92. The minimum atomic E-state index is -0.439. The van der Waals surface area contributed by atoms with Crippen LogP contribution in [0.25, 0.3) is 0 Å². The molecule has 3 N–H and O–H groups in total. The highest BCUT2D eigenvalue weighted by Crippen LogP contribution is 2.39. The molecule has 6 nitrogen and oxygen atoms in total. The lowest BCUT2D eigenvalue weighted by atomic mass is 10.0. The lowest BCUT2D eigenvalue weighted by Gasteiger charge is -2.28. The number of carbonyl (C=O) groups is 1. The number of nitrogens with one attached hydrogen (secondary N) is 2. The van der Waals surface area contributed by atoms with Gasteiger partial charge in [0.1, 0.15) is 6.17 Å². The number of hydrogen-bond acceptors (Lipinski definition) is 5. The van der Waals surface area contributed by atoms with E-state index in [1.807, 2.05) is 18.2 Å². The minimum absolute atomic E-state index is 0.0729. The third-order valence-corrected chi connectivity index (χ3v) is 3.58. The molecule has 6 heteroatoms. The van der Waals surface area contributed by atoms with Crippen molar-refractivity contribution in [3.8, 4) is 17.2 Å². The molecule has 0 unspecified atom stereocenters. The smallest absolute Gasteiger partial charge is 0.255 e. The van der Waals surface area contributed by atoms with Gasteiger partial charge in [0.15, 0.2) is 11.5 Å². The normalized spacial score (nSPS) is 16.3. The van der Waals surface area contributed by atoms with Crippen molar-refractivity contribution in [3.05, 3.63) is 47.5 Å². The predicted octanol–water partition coefficient (Wildman–Crippen LogP) is 2.26. The molecule has 22 heavy (non-hydrogen) atoms. The second kappa shape index (κ2) is 5.48. The zero-order valence-electron chi connectivity index (χ0n) is 12.2. The van der Waals surface area contributed by atoms with Gasteiger partial charge in [0.05, 0.1) is 19.8 Å². The van der Waals surface area contributed by atoms with Gasteiger partial charge < -0.3 is 25.2 Å². The van der Waals surface area contributed by atoms with E-state index >= 15 is 0 Å². The minimum Gasteiger partial charge on any atom is -0.502 e. The highest BCUT2D eigenvalue weighted by Gasteiger charge is 2.26. The van der Waals surface area contributed by atoms with Crippen LogP contribution in [0.15, 0.2) is 36.4 Å². The fraction of sp³-hybridized carbons (Fsp3) is 0.188. The summed E-state index contributed by atoms with van der Waals surface area (Å²) in [6.07, 6.45) is -0.439. The van der Waals surface area contributed by atoms with E-state index < -0.39 is 6.17 Å². The van der Waals surface area contributed by atoms with E-state index in [2.05, 4.69) is 10.6 Å². The number of benzene rings is 2. The van der Waals surface area contributed by atoms with Crippen LogP contribution in [0.2, 0.25) is 0 Å². The van der Waals surface area contributed by atoms with Crippen LogP contribution in [0.1, 0.15) is 22.1 Å². The number of phenolic OH excluding ortho intramolecular Hbond substituents is 1. The maximum absolute atomic E-state index is 12.2. The molecule has 1 aliphatic rings. The topological polar surface area (TPSA) is 79.8 Å². The summed E-state index contributed by atoms with van der Waals surface area (Å²) in [6, 6.07) is 10.6. The summed E-state index contributed by atoms with van der Waals surface area (Å²) in [6.45, 7) is 0. The van der Waals surface area contributed by atoms with E-state index in [1.165, 1.54) is 14.2 Å². The number of hydrogen-bond donors (Lipinski definition) is 3. The molecule has 0 saturated heterocycles. The van der Waals surface area contributed by atoms with E-state index in [-0.39, 0.29) is 23.2 Å².